The summed E-state index contributed by atoms with van der Waals surface area (Å²) in [5.41, 5.74) is 0.773. The number of benzene rings is 2. The predicted octanol–water partition coefficient (Wildman–Crippen LogP) is 4.32. The van der Waals surface area contributed by atoms with Crippen molar-refractivity contribution in [1.82, 2.24) is 4.31 Å². The van der Waals surface area contributed by atoms with Crippen molar-refractivity contribution in [2.75, 3.05) is 18.4 Å². The molecule has 0 spiro atoms. The quantitative estimate of drug-likeness (QED) is 0.747. The number of nitrogens with one attached hydrogen (secondary N) is 1. The Hall–Kier alpha value is -1.77. The van der Waals surface area contributed by atoms with E-state index in [1.54, 1.807) is 19.1 Å². The maximum absolute atomic E-state index is 14.0. The average Bonchev–Trinajstić information content (AvgIpc) is 2.65. The average molecular weight is 455 g/mol. The fraction of sp³-hybridized carbons (Fsp3) is 0.316. The van der Waals surface area contributed by atoms with E-state index in [4.69, 9.17) is 0 Å². The Kier molecular flexibility index (Phi) is 5.98. The van der Waals surface area contributed by atoms with Crippen LogP contribution in [0, 0.1) is 12.7 Å². The molecule has 1 aliphatic heterocycles. The van der Waals surface area contributed by atoms with E-state index in [0.29, 0.717) is 23.1 Å². The zero-order chi connectivity index (χ0) is 19.6. The largest absolute Gasteiger partial charge is 0.319 e. The predicted molar refractivity (Wildman–Crippen MR) is 106 cm³/mol. The molecule has 0 aromatic heterocycles. The minimum atomic E-state index is -3.66. The van der Waals surface area contributed by atoms with E-state index in [2.05, 4.69) is 21.2 Å². The lowest BCUT2D eigenvalue weighted by molar-refractivity contribution is 0.102. The Balaban J connectivity index is 1.89. The maximum Gasteiger partial charge on any atom is 0.255 e. The van der Waals surface area contributed by atoms with Crippen LogP contribution in [0.5, 0.6) is 0 Å². The van der Waals surface area contributed by atoms with Crippen LogP contribution in [-0.4, -0.2) is 31.7 Å². The first-order valence-corrected chi connectivity index (χ1v) is 10.9. The summed E-state index contributed by atoms with van der Waals surface area (Å²) in [5.74, 6) is -1.14. The van der Waals surface area contributed by atoms with Gasteiger partial charge in [-0.2, -0.15) is 4.31 Å². The number of rotatable bonds is 4. The first-order chi connectivity index (χ1) is 12.8. The van der Waals surface area contributed by atoms with Crippen molar-refractivity contribution in [1.29, 1.82) is 0 Å². The van der Waals surface area contributed by atoms with Gasteiger partial charge in [0.15, 0.2) is 0 Å². The summed E-state index contributed by atoms with van der Waals surface area (Å²) in [4.78, 5) is 12.6. The highest BCUT2D eigenvalue weighted by molar-refractivity contribution is 9.10. The van der Waals surface area contributed by atoms with Crippen molar-refractivity contribution in [3.63, 3.8) is 0 Å². The van der Waals surface area contributed by atoms with Gasteiger partial charge in [0, 0.05) is 23.1 Å². The number of amides is 1. The summed E-state index contributed by atoms with van der Waals surface area (Å²) in [6.45, 7) is 2.68. The summed E-state index contributed by atoms with van der Waals surface area (Å²) in [5, 5.41) is 2.49. The standard InChI is InChI=1S/C19H20BrFN2O3S/c1-13-5-6-14(19(24)22-17-8-7-15(20)12-16(17)21)11-18(13)27(25,26)23-9-3-2-4-10-23/h5-8,11-12H,2-4,9-10H2,1H3,(H,22,24). The van der Waals surface area contributed by atoms with E-state index in [9.17, 15) is 17.6 Å². The molecule has 1 amide bonds. The van der Waals surface area contributed by atoms with Crippen LogP contribution in [0.2, 0.25) is 0 Å². The minimum Gasteiger partial charge on any atom is -0.319 e. The van der Waals surface area contributed by atoms with Crippen LogP contribution >= 0.6 is 15.9 Å². The molecule has 2 aromatic rings. The molecule has 0 saturated carbocycles. The lowest BCUT2D eigenvalue weighted by Gasteiger charge is -2.26. The molecule has 5 nitrogen and oxygen atoms in total. The lowest BCUT2D eigenvalue weighted by atomic mass is 10.1. The molecular formula is C19H20BrFN2O3S. The molecule has 0 unspecified atom stereocenters. The van der Waals surface area contributed by atoms with Crippen LogP contribution in [-0.2, 0) is 10.0 Å². The zero-order valence-electron chi connectivity index (χ0n) is 14.8. The number of halogens is 2. The number of carbonyl (C=O) groups excluding carboxylic acids is 1. The summed E-state index contributed by atoms with van der Waals surface area (Å²) in [7, 11) is -3.66. The molecule has 0 aliphatic carbocycles. The third-order valence-electron chi connectivity index (χ3n) is 4.56. The third-order valence-corrected chi connectivity index (χ3v) is 7.10. The SMILES string of the molecule is Cc1ccc(C(=O)Nc2ccc(Br)cc2F)cc1S(=O)(=O)N1CCCCC1. The molecule has 144 valence electrons. The highest BCUT2D eigenvalue weighted by Crippen LogP contribution is 2.25. The monoisotopic (exact) mass is 454 g/mol. The second-order valence-corrected chi connectivity index (χ2v) is 9.35. The number of nitrogens with zero attached hydrogens (tertiary/aromatic N) is 1. The fourth-order valence-electron chi connectivity index (χ4n) is 3.05. The van der Waals surface area contributed by atoms with Crippen molar-refractivity contribution in [2.45, 2.75) is 31.1 Å². The fourth-order valence-corrected chi connectivity index (χ4v) is 5.15. The zero-order valence-corrected chi connectivity index (χ0v) is 17.2. The normalized spacial score (nSPS) is 15.5. The van der Waals surface area contributed by atoms with Gasteiger partial charge in [-0.05, 0) is 55.7 Å². The smallest absolute Gasteiger partial charge is 0.255 e. The topological polar surface area (TPSA) is 66.5 Å². The molecule has 8 heteroatoms. The van der Waals surface area contributed by atoms with Gasteiger partial charge in [0.05, 0.1) is 10.6 Å². The molecule has 1 fully saturated rings. The van der Waals surface area contributed by atoms with Crippen molar-refractivity contribution in [2.24, 2.45) is 0 Å². The van der Waals surface area contributed by atoms with Crippen molar-refractivity contribution in [3.8, 4) is 0 Å². The molecule has 1 aliphatic rings. The molecule has 0 bridgehead atoms. The minimum absolute atomic E-state index is 0.0317. The molecule has 3 rings (SSSR count). The van der Waals surface area contributed by atoms with Crippen LogP contribution in [0.1, 0.15) is 35.2 Å². The second-order valence-electron chi connectivity index (χ2n) is 6.52. The van der Waals surface area contributed by atoms with Gasteiger partial charge in [0.1, 0.15) is 5.82 Å². The first-order valence-electron chi connectivity index (χ1n) is 8.66. The molecule has 1 saturated heterocycles. The van der Waals surface area contributed by atoms with E-state index < -0.39 is 21.7 Å². The summed E-state index contributed by atoms with van der Waals surface area (Å²) >= 11 is 3.16. The van der Waals surface area contributed by atoms with Crippen molar-refractivity contribution in [3.05, 3.63) is 57.8 Å². The van der Waals surface area contributed by atoms with Crippen LogP contribution in [0.4, 0.5) is 10.1 Å². The van der Waals surface area contributed by atoms with E-state index in [-0.39, 0.29) is 16.1 Å². The number of piperidine rings is 1. The van der Waals surface area contributed by atoms with Crippen LogP contribution in [0.3, 0.4) is 0 Å². The van der Waals surface area contributed by atoms with E-state index in [1.165, 1.54) is 28.6 Å². The summed E-state index contributed by atoms with van der Waals surface area (Å²) < 4.78 is 41.9. The number of aryl methyl sites for hydroxylation is 1. The summed E-state index contributed by atoms with van der Waals surface area (Å²) in [6.07, 6.45) is 2.69. The molecule has 27 heavy (non-hydrogen) atoms. The van der Waals surface area contributed by atoms with Crippen molar-refractivity contribution < 1.29 is 17.6 Å². The molecule has 2 aromatic carbocycles. The molecule has 0 radical (unpaired) electrons. The van der Waals surface area contributed by atoms with Gasteiger partial charge < -0.3 is 5.32 Å². The Morgan fingerprint density at radius 3 is 2.48 bits per heavy atom. The highest BCUT2D eigenvalue weighted by Gasteiger charge is 2.28. The molecule has 1 heterocycles. The van der Waals surface area contributed by atoms with Crippen LogP contribution in [0.25, 0.3) is 0 Å². The number of carbonyl (C=O) groups is 1. The van der Waals surface area contributed by atoms with Gasteiger partial charge in [-0.3, -0.25) is 4.79 Å². The summed E-state index contributed by atoms with van der Waals surface area (Å²) in [6, 6.07) is 8.81. The van der Waals surface area contributed by atoms with Gasteiger partial charge in [-0.15, -0.1) is 0 Å². The van der Waals surface area contributed by atoms with Gasteiger partial charge in [0.2, 0.25) is 10.0 Å². The number of hydrogen-bond acceptors (Lipinski definition) is 3. The Bertz CT molecular complexity index is 973. The van der Waals surface area contributed by atoms with Crippen LogP contribution < -0.4 is 5.32 Å². The van der Waals surface area contributed by atoms with Crippen molar-refractivity contribution >= 4 is 37.5 Å². The number of sulfonamides is 1. The Morgan fingerprint density at radius 1 is 1.11 bits per heavy atom. The van der Waals surface area contributed by atoms with Gasteiger partial charge in [-0.1, -0.05) is 28.4 Å². The highest BCUT2D eigenvalue weighted by atomic mass is 79.9. The van der Waals surface area contributed by atoms with E-state index >= 15 is 0 Å². The van der Waals surface area contributed by atoms with Crippen LogP contribution in [0.15, 0.2) is 45.8 Å². The first kappa shape index (κ1) is 20.0. The Morgan fingerprint density at radius 2 is 1.81 bits per heavy atom. The number of hydrogen-bond donors (Lipinski definition) is 1. The van der Waals surface area contributed by atoms with Gasteiger partial charge in [0.25, 0.3) is 5.91 Å². The molecule has 0 atom stereocenters. The number of anilines is 1. The van der Waals surface area contributed by atoms with E-state index in [1.807, 2.05) is 0 Å². The maximum atomic E-state index is 14.0. The lowest BCUT2D eigenvalue weighted by Crippen LogP contribution is -2.36. The van der Waals surface area contributed by atoms with E-state index in [0.717, 1.165) is 19.3 Å². The van der Waals surface area contributed by atoms with Gasteiger partial charge >= 0.3 is 0 Å². The third kappa shape index (κ3) is 4.39. The second kappa shape index (κ2) is 8.08. The molecule has 1 N–H and O–H groups in total. The van der Waals surface area contributed by atoms with Gasteiger partial charge in [-0.25, -0.2) is 12.8 Å². The molecular weight excluding hydrogens is 435 g/mol. The Labute approximate surface area is 166 Å².